The fourth-order valence-electron chi connectivity index (χ4n) is 8.50. The summed E-state index contributed by atoms with van der Waals surface area (Å²) in [6.45, 7) is 10.5. The molecule has 0 bridgehead atoms. The number of hydrogen-bond donors (Lipinski definition) is 0. The van der Waals surface area contributed by atoms with E-state index < -0.39 is 5.97 Å². The molecular formula is C35H38N2O2. The van der Waals surface area contributed by atoms with Gasteiger partial charge in [0, 0.05) is 47.3 Å². The van der Waals surface area contributed by atoms with Crippen molar-refractivity contribution >= 4 is 17.2 Å². The van der Waals surface area contributed by atoms with Crippen molar-refractivity contribution in [1.29, 1.82) is 0 Å². The van der Waals surface area contributed by atoms with Crippen LogP contribution in [0, 0.1) is 0 Å². The number of hydrogen-bond acceptors (Lipinski definition) is 3. The predicted molar refractivity (Wildman–Crippen MR) is 155 cm³/mol. The number of carbonyl (C=O) groups is 1. The summed E-state index contributed by atoms with van der Waals surface area (Å²) in [6.07, 6.45) is 7.68. The van der Waals surface area contributed by atoms with Crippen molar-refractivity contribution in [3.63, 3.8) is 0 Å². The van der Waals surface area contributed by atoms with Crippen LogP contribution in [0.3, 0.4) is 0 Å². The Morgan fingerprint density at radius 3 is 2.49 bits per heavy atom. The second-order valence-electron chi connectivity index (χ2n) is 12.5. The Balaban J connectivity index is 1.73. The lowest BCUT2D eigenvalue weighted by molar-refractivity contribution is -0.255. The third-order valence-electron chi connectivity index (χ3n) is 9.89. The summed E-state index contributed by atoms with van der Waals surface area (Å²) in [7, 11) is 2.24. The minimum absolute atomic E-state index is 0.191. The first kappa shape index (κ1) is 24.6. The van der Waals surface area contributed by atoms with Crippen LogP contribution in [-0.2, 0) is 31.1 Å². The van der Waals surface area contributed by atoms with E-state index in [9.17, 15) is 9.90 Å². The molecule has 0 amide bonds. The number of benzene rings is 3. The summed E-state index contributed by atoms with van der Waals surface area (Å²) in [5, 5.41) is 15.1. The molecular weight excluding hydrogens is 480 g/mol. The number of carboxylic acids is 1. The van der Waals surface area contributed by atoms with Crippen molar-refractivity contribution in [2.45, 2.75) is 71.1 Å². The van der Waals surface area contributed by atoms with Gasteiger partial charge in [0.25, 0.3) is 0 Å². The Bertz CT molecular complexity index is 1690. The van der Waals surface area contributed by atoms with Gasteiger partial charge >= 0.3 is 0 Å². The molecule has 4 heteroatoms. The van der Waals surface area contributed by atoms with E-state index in [0.29, 0.717) is 0 Å². The van der Waals surface area contributed by atoms with Crippen LogP contribution in [0.25, 0.3) is 5.57 Å². The Kier molecular flexibility index (Phi) is 5.56. The van der Waals surface area contributed by atoms with E-state index in [2.05, 4.69) is 49.4 Å². The van der Waals surface area contributed by atoms with Gasteiger partial charge in [-0.3, -0.25) is 0 Å². The quantitative estimate of drug-likeness (QED) is 0.500. The van der Waals surface area contributed by atoms with Gasteiger partial charge in [0.2, 0.25) is 5.36 Å². The smallest absolute Gasteiger partial charge is 0.206 e. The van der Waals surface area contributed by atoms with E-state index in [1.807, 2.05) is 18.2 Å². The highest BCUT2D eigenvalue weighted by Gasteiger charge is 2.42. The molecule has 0 saturated carbocycles. The Morgan fingerprint density at radius 2 is 1.72 bits per heavy atom. The molecule has 3 aliphatic heterocycles. The minimum atomic E-state index is -1.11. The Hall–Kier alpha value is -3.40. The number of carbonyl (C=O) groups excluding carboxylic acids is 1. The lowest BCUT2D eigenvalue weighted by Gasteiger charge is -2.44. The highest BCUT2D eigenvalue weighted by molar-refractivity contribution is 5.98. The van der Waals surface area contributed by atoms with Gasteiger partial charge in [0.05, 0.1) is 5.97 Å². The topological polar surface area (TPSA) is 46.4 Å². The minimum Gasteiger partial charge on any atom is -0.545 e. The van der Waals surface area contributed by atoms with Crippen LogP contribution < -0.4 is 25.2 Å². The SMILES string of the molecule is CCc1cc2c(c3c1=[N+](C)CCC3)C(C)(C)c1c(cc3c4c1CCCN4CCC3)C=2c1ccccc1C(=O)[O-]. The van der Waals surface area contributed by atoms with Crippen LogP contribution in [-0.4, -0.2) is 32.7 Å². The van der Waals surface area contributed by atoms with Crippen molar-refractivity contribution in [1.82, 2.24) is 4.58 Å². The first-order valence-electron chi connectivity index (χ1n) is 14.9. The summed E-state index contributed by atoms with van der Waals surface area (Å²) in [4.78, 5) is 15.1. The first-order valence-corrected chi connectivity index (χ1v) is 14.9. The molecule has 0 N–H and O–H groups in total. The summed E-state index contributed by atoms with van der Waals surface area (Å²) in [5.41, 5.74) is 13.3. The molecule has 3 aromatic carbocycles. The largest absolute Gasteiger partial charge is 0.545 e. The second kappa shape index (κ2) is 8.81. The van der Waals surface area contributed by atoms with Gasteiger partial charge in [0.1, 0.15) is 13.6 Å². The van der Waals surface area contributed by atoms with Crippen LogP contribution in [0.2, 0.25) is 0 Å². The number of anilines is 1. The molecule has 4 nitrogen and oxygen atoms in total. The highest BCUT2D eigenvalue weighted by Crippen LogP contribution is 2.49. The summed E-state index contributed by atoms with van der Waals surface area (Å²) in [5.74, 6) is -1.11. The molecule has 0 aromatic heterocycles. The van der Waals surface area contributed by atoms with E-state index in [0.717, 1.165) is 62.9 Å². The van der Waals surface area contributed by atoms with E-state index in [1.165, 1.54) is 68.0 Å². The van der Waals surface area contributed by atoms with Gasteiger partial charge in [-0.05, 0) is 94.8 Å². The van der Waals surface area contributed by atoms with Crippen molar-refractivity contribution < 1.29 is 9.90 Å². The zero-order valence-electron chi connectivity index (χ0n) is 23.7. The average molecular weight is 519 g/mol. The Labute approximate surface area is 231 Å². The standard InChI is InChI=1S/C35H38N2O2/c1-5-21-19-27-29(23-12-6-7-13-24(23)34(38)39)28-20-22-11-8-17-37-18-10-15-26(33(22)37)31(28)35(2,3)30(27)25-14-9-16-36(4)32(21)25/h6-7,12-13,19-20H,5,8-11,14-18H2,1-4H3. The molecule has 0 unspecified atom stereocenters. The van der Waals surface area contributed by atoms with Crippen LogP contribution in [0.4, 0.5) is 5.69 Å². The van der Waals surface area contributed by atoms with Crippen LogP contribution >= 0.6 is 0 Å². The maximum absolute atomic E-state index is 12.5. The van der Waals surface area contributed by atoms with Crippen molar-refractivity contribution in [3.05, 3.63) is 97.0 Å². The van der Waals surface area contributed by atoms with Crippen LogP contribution in [0.1, 0.15) is 94.9 Å². The molecule has 0 saturated heterocycles. The van der Waals surface area contributed by atoms with Crippen LogP contribution in [0.15, 0.2) is 36.4 Å². The Morgan fingerprint density at radius 1 is 0.974 bits per heavy atom. The summed E-state index contributed by atoms with van der Waals surface area (Å²) >= 11 is 0. The number of aromatic carboxylic acids is 1. The number of carboxylic acid groups (broad SMARTS) is 1. The maximum atomic E-state index is 12.5. The number of aryl methyl sites for hydroxylation is 2. The number of nitrogens with zero attached hydrogens (tertiary/aromatic N) is 2. The molecule has 0 fully saturated rings. The first-order chi connectivity index (χ1) is 18.8. The van der Waals surface area contributed by atoms with E-state index in [1.54, 1.807) is 6.07 Å². The molecule has 39 heavy (non-hydrogen) atoms. The van der Waals surface area contributed by atoms with Crippen molar-refractivity contribution in [2.75, 3.05) is 31.6 Å². The monoisotopic (exact) mass is 518 g/mol. The van der Waals surface area contributed by atoms with E-state index in [-0.39, 0.29) is 11.0 Å². The van der Waals surface area contributed by atoms with Crippen LogP contribution in [0.5, 0.6) is 0 Å². The zero-order valence-corrected chi connectivity index (χ0v) is 23.7. The normalized spacial score (nSPS) is 18.7. The molecule has 7 rings (SSSR count). The molecule has 3 heterocycles. The van der Waals surface area contributed by atoms with Gasteiger partial charge in [-0.2, -0.15) is 0 Å². The predicted octanol–water partition coefficient (Wildman–Crippen LogP) is 3.27. The second-order valence-corrected chi connectivity index (χ2v) is 12.5. The number of fused-ring (bicyclic) bond motifs is 5. The van der Waals surface area contributed by atoms with Gasteiger partial charge in [0.15, 0.2) is 0 Å². The summed E-state index contributed by atoms with van der Waals surface area (Å²) < 4.78 is 2.46. The van der Waals surface area contributed by atoms with Gasteiger partial charge in [-0.25, -0.2) is 4.58 Å². The van der Waals surface area contributed by atoms with Crippen molar-refractivity contribution in [3.8, 4) is 0 Å². The molecule has 1 aliphatic carbocycles. The maximum Gasteiger partial charge on any atom is 0.206 e. The molecule has 0 spiro atoms. The van der Waals surface area contributed by atoms with E-state index in [4.69, 9.17) is 0 Å². The highest BCUT2D eigenvalue weighted by atomic mass is 16.4. The third kappa shape index (κ3) is 3.43. The summed E-state index contributed by atoms with van der Waals surface area (Å²) in [6, 6.07) is 12.4. The van der Waals surface area contributed by atoms with Gasteiger partial charge in [-0.1, -0.05) is 45.0 Å². The molecule has 200 valence electrons. The van der Waals surface area contributed by atoms with Crippen molar-refractivity contribution in [2.24, 2.45) is 0 Å². The lowest BCUT2D eigenvalue weighted by atomic mass is 9.63. The fraction of sp³-hybridized carbons (Fsp3) is 0.429. The third-order valence-corrected chi connectivity index (χ3v) is 9.89. The number of rotatable bonds is 3. The van der Waals surface area contributed by atoms with E-state index >= 15 is 0 Å². The molecule has 0 radical (unpaired) electrons. The van der Waals surface area contributed by atoms with Gasteiger partial charge < -0.3 is 14.8 Å². The zero-order chi connectivity index (χ0) is 27.1. The molecule has 4 aliphatic rings. The average Bonchev–Trinajstić information content (AvgIpc) is 2.92. The lowest BCUT2D eigenvalue weighted by Crippen LogP contribution is -2.46. The van der Waals surface area contributed by atoms with Gasteiger partial charge in [-0.15, -0.1) is 0 Å². The fourth-order valence-corrected chi connectivity index (χ4v) is 8.50. The molecule has 3 aromatic rings. The molecule has 0 atom stereocenters.